The smallest absolute Gasteiger partial charge is 0.245 e. The molecule has 212 valence electrons. The van der Waals surface area contributed by atoms with Crippen molar-refractivity contribution in [2.24, 2.45) is 5.92 Å². The Labute approximate surface area is 232 Å². The monoisotopic (exact) mass is 568 g/mol. The molecule has 2 fully saturated rings. The molecular weight excluding hydrogens is 536 g/mol. The third-order valence-electron chi connectivity index (χ3n) is 7.30. The molecule has 5 rings (SSSR count). The van der Waals surface area contributed by atoms with Crippen molar-refractivity contribution in [3.8, 4) is 5.75 Å². The number of hydroxylamine groups is 1. The van der Waals surface area contributed by atoms with Gasteiger partial charge in [0, 0.05) is 48.9 Å². The predicted molar refractivity (Wildman–Crippen MR) is 145 cm³/mol. The first-order valence-corrected chi connectivity index (χ1v) is 14.6. The molecule has 2 aliphatic heterocycles. The predicted octanol–water partition coefficient (Wildman–Crippen LogP) is 2.30. The number of para-hydroxylation sites is 1. The number of hydrogen-bond donors (Lipinski definition) is 3. The van der Waals surface area contributed by atoms with Gasteiger partial charge in [-0.2, -0.15) is 0 Å². The SMILES string of the molecule is Cc1cc(COc2ccc(S(=O)(=O)NC3(CC(=O)NO)CN(C(=O)C4CCOCC4)C3)cc2)c2ccccc2n1. The molecule has 3 aromatic rings. The first kappa shape index (κ1) is 28.0. The number of aryl methyl sites for hydroxylation is 1. The summed E-state index contributed by atoms with van der Waals surface area (Å²) in [4.78, 5) is 31.0. The molecule has 1 aromatic heterocycles. The summed E-state index contributed by atoms with van der Waals surface area (Å²) in [6, 6.07) is 15.7. The molecule has 11 nitrogen and oxygen atoms in total. The molecule has 2 saturated heterocycles. The third kappa shape index (κ3) is 6.09. The Balaban J connectivity index is 1.26. The Morgan fingerprint density at radius 1 is 1.12 bits per heavy atom. The average molecular weight is 569 g/mol. The maximum Gasteiger partial charge on any atom is 0.245 e. The zero-order chi connectivity index (χ0) is 28.3. The third-order valence-corrected chi connectivity index (χ3v) is 8.90. The normalized spacial score (nSPS) is 17.3. The van der Waals surface area contributed by atoms with Crippen molar-refractivity contribution < 1.29 is 32.7 Å². The van der Waals surface area contributed by atoms with E-state index in [-0.39, 0.29) is 42.8 Å². The lowest BCUT2D eigenvalue weighted by Gasteiger charge is -2.50. The summed E-state index contributed by atoms with van der Waals surface area (Å²) in [5, 5.41) is 10.0. The minimum Gasteiger partial charge on any atom is -0.489 e. The highest BCUT2D eigenvalue weighted by Gasteiger charge is 2.50. The van der Waals surface area contributed by atoms with E-state index >= 15 is 0 Å². The van der Waals surface area contributed by atoms with E-state index in [1.807, 2.05) is 37.3 Å². The molecule has 0 spiro atoms. The largest absolute Gasteiger partial charge is 0.489 e. The van der Waals surface area contributed by atoms with Crippen LogP contribution in [0.4, 0.5) is 0 Å². The maximum absolute atomic E-state index is 13.3. The first-order valence-electron chi connectivity index (χ1n) is 13.1. The van der Waals surface area contributed by atoms with Gasteiger partial charge in [0.05, 0.1) is 22.4 Å². The topological polar surface area (TPSA) is 147 Å². The number of hydrogen-bond acceptors (Lipinski definition) is 8. The fourth-order valence-electron chi connectivity index (χ4n) is 5.34. The molecule has 40 heavy (non-hydrogen) atoms. The lowest BCUT2D eigenvalue weighted by molar-refractivity contribution is -0.149. The van der Waals surface area contributed by atoms with Gasteiger partial charge in [-0.3, -0.25) is 19.8 Å². The van der Waals surface area contributed by atoms with Crippen molar-refractivity contribution in [2.75, 3.05) is 26.3 Å². The van der Waals surface area contributed by atoms with Gasteiger partial charge in [-0.25, -0.2) is 18.6 Å². The summed E-state index contributed by atoms with van der Waals surface area (Å²) in [6.45, 7) is 3.26. The van der Waals surface area contributed by atoms with Crippen LogP contribution in [0.3, 0.4) is 0 Å². The summed E-state index contributed by atoms with van der Waals surface area (Å²) < 4.78 is 40.5. The second kappa shape index (κ2) is 11.5. The van der Waals surface area contributed by atoms with Crippen LogP contribution >= 0.6 is 0 Å². The van der Waals surface area contributed by atoms with Crippen LogP contribution in [0, 0.1) is 12.8 Å². The Kier molecular flexibility index (Phi) is 8.04. The second-order valence-electron chi connectivity index (χ2n) is 10.4. The highest BCUT2D eigenvalue weighted by Crippen LogP contribution is 2.31. The van der Waals surface area contributed by atoms with E-state index < -0.39 is 21.5 Å². The Hall–Kier alpha value is -3.58. The number of ether oxygens (including phenoxy) is 2. The van der Waals surface area contributed by atoms with E-state index in [1.54, 1.807) is 22.5 Å². The molecule has 0 saturated carbocycles. The number of benzene rings is 2. The van der Waals surface area contributed by atoms with Gasteiger partial charge in [-0.05, 0) is 56.2 Å². The molecule has 0 unspecified atom stereocenters. The van der Waals surface area contributed by atoms with E-state index in [0.717, 1.165) is 22.2 Å². The highest BCUT2D eigenvalue weighted by atomic mass is 32.2. The lowest BCUT2D eigenvalue weighted by atomic mass is 9.85. The first-order chi connectivity index (χ1) is 19.2. The van der Waals surface area contributed by atoms with E-state index in [1.165, 1.54) is 12.1 Å². The molecule has 2 amide bonds. The van der Waals surface area contributed by atoms with Crippen LogP contribution in [0.15, 0.2) is 59.5 Å². The van der Waals surface area contributed by atoms with Gasteiger partial charge in [-0.1, -0.05) is 18.2 Å². The molecule has 0 atom stereocenters. The second-order valence-corrected chi connectivity index (χ2v) is 12.1. The quantitative estimate of drug-likeness (QED) is 0.263. The number of aromatic nitrogens is 1. The van der Waals surface area contributed by atoms with Gasteiger partial charge >= 0.3 is 0 Å². The molecule has 2 aliphatic rings. The molecule has 0 aliphatic carbocycles. The fourth-order valence-corrected chi connectivity index (χ4v) is 6.72. The number of fused-ring (bicyclic) bond motifs is 1. The van der Waals surface area contributed by atoms with Gasteiger partial charge in [0.15, 0.2) is 0 Å². The molecule has 12 heteroatoms. The number of pyridine rings is 1. The number of amides is 2. The van der Waals surface area contributed by atoms with Crippen molar-refractivity contribution in [1.29, 1.82) is 0 Å². The summed E-state index contributed by atoms with van der Waals surface area (Å²) >= 11 is 0. The van der Waals surface area contributed by atoms with Crippen molar-refractivity contribution in [2.45, 2.75) is 43.2 Å². The molecule has 3 N–H and O–H groups in total. The summed E-state index contributed by atoms with van der Waals surface area (Å²) in [6.07, 6.45) is 0.897. The van der Waals surface area contributed by atoms with Gasteiger partial charge < -0.3 is 14.4 Å². The van der Waals surface area contributed by atoms with Crippen LogP contribution in [0.25, 0.3) is 10.9 Å². The van der Waals surface area contributed by atoms with Crippen LogP contribution < -0.4 is 14.9 Å². The molecule has 0 radical (unpaired) electrons. The van der Waals surface area contributed by atoms with Crippen molar-refractivity contribution in [1.82, 2.24) is 20.1 Å². The van der Waals surface area contributed by atoms with Crippen molar-refractivity contribution in [3.05, 3.63) is 65.9 Å². The van der Waals surface area contributed by atoms with Crippen LogP contribution in [0.2, 0.25) is 0 Å². The van der Waals surface area contributed by atoms with Crippen LogP contribution in [0.1, 0.15) is 30.5 Å². The van der Waals surface area contributed by atoms with Gasteiger partial charge in [0.1, 0.15) is 12.4 Å². The number of nitrogens with one attached hydrogen (secondary N) is 2. The number of nitrogens with zero attached hydrogens (tertiary/aromatic N) is 2. The van der Waals surface area contributed by atoms with E-state index in [9.17, 15) is 18.0 Å². The van der Waals surface area contributed by atoms with Crippen LogP contribution in [-0.4, -0.2) is 67.2 Å². The summed E-state index contributed by atoms with van der Waals surface area (Å²) in [7, 11) is -4.06. The van der Waals surface area contributed by atoms with Crippen LogP contribution in [-0.2, 0) is 31.0 Å². The van der Waals surface area contributed by atoms with Crippen molar-refractivity contribution in [3.63, 3.8) is 0 Å². The number of rotatable bonds is 9. The Bertz CT molecular complexity index is 1500. The van der Waals surface area contributed by atoms with E-state index in [0.29, 0.717) is 31.8 Å². The fraction of sp³-hybridized carbons (Fsp3) is 0.393. The number of likely N-dealkylation sites (tertiary alicyclic amines) is 1. The Morgan fingerprint density at radius 3 is 2.52 bits per heavy atom. The van der Waals surface area contributed by atoms with Gasteiger partial charge in [-0.15, -0.1) is 0 Å². The standard InChI is InChI=1S/C28H32N4O7S/c1-19-14-21(24-4-2-3-5-25(24)29-19)16-39-22-6-8-23(9-7-22)40(36,37)31-28(15-26(33)30-35)17-32(18-28)27(34)20-10-12-38-13-11-20/h2-9,14,20,31,35H,10-13,15-18H2,1H3,(H,30,33). The molecule has 2 aromatic carbocycles. The number of carbonyl (C=O) groups excluding carboxylic acids is 2. The van der Waals surface area contributed by atoms with Gasteiger partial charge in [0.2, 0.25) is 21.8 Å². The molecule has 3 heterocycles. The number of carbonyl (C=O) groups is 2. The zero-order valence-corrected chi connectivity index (χ0v) is 22.9. The molecular formula is C28H32N4O7S. The highest BCUT2D eigenvalue weighted by molar-refractivity contribution is 7.89. The number of sulfonamides is 1. The van der Waals surface area contributed by atoms with Crippen molar-refractivity contribution >= 4 is 32.7 Å². The molecule has 0 bridgehead atoms. The lowest BCUT2D eigenvalue weighted by Crippen LogP contribution is -2.72. The minimum absolute atomic E-state index is 0.0111. The maximum atomic E-state index is 13.3. The Morgan fingerprint density at radius 2 is 1.82 bits per heavy atom. The summed E-state index contributed by atoms with van der Waals surface area (Å²) in [5.74, 6) is -0.523. The van der Waals surface area contributed by atoms with E-state index in [2.05, 4.69) is 9.71 Å². The van der Waals surface area contributed by atoms with Gasteiger partial charge in [0.25, 0.3) is 0 Å². The minimum atomic E-state index is -4.06. The van der Waals surface area contributed by atoms with E-state index in [4.69, 9.17) is 14.7 Å². The average Bonchev–Trinajstić information content (AvgIpc) is 2.94. The zero-order valence-electron chi connectivity index (χ0n) is 22.1. The van der Waals surface area contributed by atoms with Crippen LogP contribution in [0.5, 0.6) is 5.75 Å². The summed E-state index contributed by atoms with van der Waals surface area (Å²) in [5.41, 5.74) is 3.04.